The molecule has 4 nitrogen and oxygen atoms in total. The lowest BCUT2D eigenvalue weighted by Crippen LogP contribution is -1.97. The molecule has 0 atom stereocenters. The Morgan fingerprint density at radius 2 is 2.13 bits per heavy atom. The Hall–Kier alpha value is -1.71. The second-order valence-electron chi connectivity index (χ2n) is 4.22. The van der Waals surface area contributed by atoms with Crippen molar-refractivity contribution in [1.29, 1.82) is 0 Å². The molecule has 0 aliphatic rings. The average Bonchev–Trinajstić information content (AvgIpc) is 2.17. The fourth-order valence-corrected chi connectivity index (χ4v) is 0.799. The molecule has 1 aromatic rings. The van der Waals surface area contributed by atoms with Crippen LogP contribution in [0.25, 0.3) is 0 Å². The number of nitrogens with one attached hydrogen (secondary N) is 1. The van der Waals surface area contributed by atoms with E-state index in [1.165, 1.54) is 0 Å². The average molecular weight is 204 g/mol. The van der Waals surface area contributed by atoms with Crippen LogP contribution in [0.5, 0.6) is 0 Å². The van der Waals surface area contributed by atoms with Crippen molar-refractivity contribution in [2.45, 2.75) is 20.8 Å². The lowest BCUT2D eigenvalue weighted by Gasteiger charge is -2.09. The highest BCUT2D eigenvalue weighted by Gasteiger charge is 2.02. The Balaban J connectivity index is 2.38. The van der Waals surface area contributed by atoms with Crippen molar-refractivity contribution in [3.05, 3.63) is 36.7 Å². The van der Waals surface area contributed by atoms with E-state index in [2.05, 4.69) is 41.5 Å². The minimum atomic E-state index is 0.129. The molecule has 0 fully saturated rings. The van der Waals surface area contributed by atoms with Crippen molar-refractivity contribution in [3.63, 3.8) is 0 Å². The lowest BCUT2D eigenvalue weighted by molar-refractivity contribution is 0.542. The quantitative estimate of drug-likeness (QED) is 0.605. The summed E-state index contributed by atoms with van der Waals surface area (Å²) in [6, 6.07) is 5.56. The van der Waals surface area contributed by atoms with Crippen LogP contribution in [0.3, 0.4) is 0 Å². The van der Waals surface area contributed by atoms with Crippen LogP contribution in [0.2, 0.25) is 0 Å². The van der Waals surface area contributed by atoms with Crippen LogP contribution < -0.4 is 5.43 Å². The molecule has 0 aliphatic carbocycles. The smallest absolute Gasteiger partial charge is 0.147 e. The minimum absolute atomic E-state index is 0.129. The van der Waals surface area contributed by atoms with Crippen LogP contribution in [-0.2, 0) is 0 Å². The van der Waals surface area contributed by atoms with Gasteiger partial charge in [-0.15, -0.1) is 5.11 Å². The van der Waals surface area contributed by atoms with Gasteiger partial charge in [-0.2, -0.15) is 0 Å². The zero-order chi connectivity index (χ0) is 11.1. The van der Waals surface area contributed by atoms with Crippen molar-refractivity contribution in [2.75, 3.05) is 5.43 Å². The van der Waals surface area contributed by atoms with Gasteiger partial charge < -0.3 is 0 Å². The van der Waals surface area contributed by atoms with E-state index in [9.17, 15) is 0 Å². The van der Waals surface area contributed by atoms with Gasteiger partial charge in [-0.25, -0.2) is 10.4 Å². The van der Waals surface area contributed by atoms with Crippen molar-refractivity contribution < 1.29 is 0 Å². The number of aromatic nitrogens is 1. The van der Waals surface area contributed by atoms with Crippen molar-refractivity contribution in [1.82, 2.24) is 4.98 Å². The van der Waals surface area contributed by atoms with Gasteiger partial charge >= 0.3 is 0 Å². The molecule has 0 bridgehead atoms. The number of anilines is 1. The van der Waals surface area contributed by atoms with Crippen LogP contribution in [0.15, 0.2) is 47.0 Å². The first-order chi connectivity index (χ1) is 7.08. The Morgan fingerprint density at radius 3 is 2.73 bits per heavy atom. The normalized spacial score (nSPS) is 12.5. The van der Waals surface area contributed by atoms with Crippen LogP contribution in [0.4, 0.5) is 5.82 Å². The molecule has 1 heterocycles. The van der Waals surface area contributed by atoms with E-state index in [4.69, 9.17) is 0 Å². The summed E-state index contributed by atoms with van der Waals surface area (Å²) in [5.74, 6) is 0.686. The first-order valence-corrected chi connectivity index (χ1v) is 4.82. The van der Waals surface area contributed by atoms with Gasteiger partial charge in [0.2, 0.25) is 0 Å². The first-order valence-electron chi connectivity index (χ1n) is 4.82. The Kier molecular flexibility index (Phi) is 3.97. The van der Waals surface area contributed by atoms with E-state index in [-0.39, 0.29) is 5.41 Å². The molecule has 1 N–H and O–H groups in total. The molecule has 0 aromatic carbocycles. The predicted octanol–water partition coefficient (Wildman–Crippen LogP) is 3.42. The van der Waals surface area contributed by atoms with Crippen LogP contribution >= 0.6 is 0 Å². The first kappa shape index (κ1) is 11.4. The predicted molar refractivity (Wildman–Crippen MR) is 61.3 cm³/mol. The third-order valence-corrected chi connectivity index (χ3v) is 1.53. The van der Waals surface area contributed by atoms with Gasteiger partial charge in [0.15, 0.2) is 0 Å². The third-order valence-electron chi connectivity index (χ3n) is 1.53. The second-order valence-corrected chi connectivity index (χ2v) is 4.22. The summed E-state index contributed by atoms with van der Waals surface area (Å²) in [6.07, 6.45) is 5.36. The number of nitrogens with zero attached hydrogens (tertiary/aromatic N) is 3. The Labute approximate surface area is 90.1 Å². The molecule has 1 aromatic heterocycles. The number of hydrogen-bond acceptors (Lipinski definition) is 3. The summed E-state index contributed by atoms with van der Waals surface area (Å²) in [7, 11) is 0. The SMILES string of the molecule is CC(C)(C)/C=C/N=NNc1ccccn1. The second kappa shape index (κ2) is 5.24. The van der Waals surface area contributed by atoms with Gasteiger partial charge in [0.05, 0.1) is 0 Å². The van der Waals surface area contributed by atoms with E-state index in [1.54, 1.807) is 12.4 Å². The van der Waals surface area contributed by atoms with Gasteiger partial charge in [-0.3, -0.25) is 0 Å². The fraction of sp³-hybridized carbons (Fsp3) is 0.364. The lowest BCUT2D eigenvalue weighted by atomic mass is 9.97. The molecular formula is C11H16N4. The maximum Gasteiger partial charge on any atom is 0.147 e. The van der Waals surface area contributed by atoms with Crippen LogP contribution in [-0.4, -0.2) is 4.98 Å². The topological polar surface area (TPSA) is 49.6 Å². The van der Waals surface area contributed by atoms with E-state index >= 15 is 0 Å². The monoisotopic (exact) mass is 204 g/mol. The van der Waals surface area contributed by atoms with Gasteiger partial charge in [0.25, 0.3) is 0 Å². The zero-order valence-corrected chi connectivity index (χ0v) is 9.31. The summed E-state index contributed by atoms with van der Waals surface area (Å²) >= 11 is 0. The highest BCUT2D eigenvalue weighted by Crippen LogP contribution is 2.14. The molecule has 0 spiro atoms. The molecule has 0 saturated heterocycles. The van der Waals surface area contributed by atoms with Crippen LogP contribution in [0, 0.1) is 5.41 Å². The van der Waals surface area contributed by atoms with E-state index in [1.807, 2.05) is 24.3 Å². The van der Waals surface area contributed by atoms with Gasteiger partial charge in [0, 0.05) is 12.4 Å². The number of rotatable bonds is 3. The highest BCUT2D eigenvalue weighted by atomic mass is 15.4. The summed E-state index contributed by atoms with van der Waals surface area (Å²) in [6.45, 7) is 6.31. The number of pyridine rings is 1. The fourth-order valence-electron chi connectivity index (χ4n) is 0.799. The standard InChI is InChI=1S/C11H16N4/c1-11(2,3)7-9-13-15-14-10-6-4-5-8-12-10/h4-9H,1-3H3,(H,12,13,14)/b9-7+. The minimum Gasteiger partial charge on any atom is -0.242 e. The molecule has 1 rings (SSSR count). The Morgan fingerprint density at radius 1 is 1.33 bits per heavy atom. The third kappa shape index (κ3) is 5.57. The largest absolute Gasteiger partial charge is 0.242 e. The maximum absolute atomic E-state index is 4.04. The molecule has 4 heteroatoms. The summed E-state index contributed by atoms with van der Waals surface area (Å²) in [5.41, 5.74) is 2.86. The molecule has 0 radical (unpaired) electrons. The van der Waals surface area contributed by atoms with Gasteiger partial charge in [0.1, 0.15) is 5.82 Å². The van der Waals surface area contributed by atoms with Crippen molar-refractivity contribution in [3.8, 4) is 0 Å². The Bertz CT molecular complexity index is 335. The molecule has 0 amide bonds. The van der Waals surface area contributed by atoms with E-state index < -0.39 is 0 Å². The van der Waals surface area contributed by atoms with Crippen molar-refractivity contribution in [2.24, 2.45) is 15.8 Å². The molecule has 15 heavy (non-hydrogen) atoms. The highest BCUT2D eigenvalue weighted by molar-refractivity contribution is 5.31. The zero-order valence-electron chi connectivity index (χ0n) is 9.31. The van der Waals surface area contributed by atoms with Crippen molar-refractivity contribution >= 4 is 5.82 Å². The summed E-state index contributed by atoms with van der Waals surface area (Å²) < 4.78 is 0. The summed E-state index contributed by atoms with van der Waals surface area (Å²) in [5, 5.41) is 7.62. The van der Waals surface area contributed by atoms with Crippen LogP contribution in [0.1, 0.15) is 20.8 Å². The molecule has 0 unspecified atom stereocenters. The molecule has 80 valence electrons. The van der Waals surface area contributed by atoms with E-state index in [0.29, 0.717) is 5.82 Å². The van der Waals surface area contributed by atoms with Gasteiger partial charge in [-0.1, -0.05) is 38.1 Å². The maximum atomic E-state index is 4.04. The van der Waals surface area contributed by atoms with E-state index in [0.717, 1.165) is 0 Å². The molecule has 0 aliphatic heterocycles. The van der Waals surface area contributed by atoms with Gasteiger partial charge in [-0.05, 0) is 17.5 Å². The molecular weight excluding hydrogens is 188 g/mol. The number of allylic oxidation sites excluding steroid dienone is 1. The molecule has 0 saturated carbocycles. The summed E-state index contributed by atoms with van der Waals surface area (Å²) in [4.78, 5) is 4.04. The number of hydrogen-bond donors (Lipinski definition) is 1.